The molecule has 0 aliphatic carbocycles. The molecule has 0 amide bonds. The van der Waals surface area contributed by atoms with Crippen molar-refractivity contribution in [3.8, 4) is 0 Å². The molecule has 0 saturated carbocycles. The van der Waals surface area contributed by atoms with Crippen molar-refractivity contribution in [3.63, 3.8) is 0 Å². The van der Waals surface area contributed by atoms with E-state index in [4.69, 9.17) is 0 Å². The fraction of sp³-hybridized carbons (Fsp3) is 0.333. The Kier molecular flexibility index (Phi) is 3.98. The Hall–Kier alpha value is -1.42. The molecule has 0 fully saturated rings. The van der Waals surface area contributed by atoms with Crippen molar-refractivity contribution in [3.05, 3.63) is 48.0 Å². The topological polar surface area (TPSA) is 32.3 Å². The summed E-state index contributed by atoms with van der Waals surface area (Å²) in [5.41, 5.74) is 0.476. The first-order valence-electron chi connectivity index (χ1n) is 7.42. The van der Waals surface area contributed by atoms with Gasteiger partial charge < -0.3 is 10.4 Å². The number of nitrogens with one attached hydrogen (secondary N) is 1. The lowest BCUT2D eigenvalue weighted by Crippen LogP contribution is -2.39. The normalized spacial score (nSPS) is 14.6. The van der Waals surface area contributed by atoms with Crippen LogP contribution in [-0.2, 0) is 6.42 Å². The van der Waals surface area contributed by atoms with Gasteiger partial charge in [-0.3, -0.25) is 0 Å². The van der Waals surface area contributed by atoms with Crippen LogP contribution in [0, 0.1) is 0 Å². The third-order valence-corrected chi connectivity index (χ3v) is 4.93. The predicted molar refractivity (Wildman–Crippen MR) is 92.2 cm³/mol. The van der Waals surface area contributed by atoms with Crippen LogP contribution in [0.4, 0.5) is 0 Å². The number of benzene rings is 2. The standard InChI is InChI=1S/C18H21NOS/c1-3-19-12-18(2,20)11-13-8-9-17-15(10-13)14-6-4-5-7-16(14)21-17/h4-10,19-20H,3,11-12H2,1-2H3. The number of likely N-dealkylation sites (N-methyl/N-ethyl adjacent to an activating group) is 1. The highest BCUT2D eigenvalue weighted by Crippen LogP contribution is 2.34. The maximum atomic E-state index is 10.5. The second kappa shape index (κ2) is 5.76. The van der Waals surface area contributed by atoms with Crippen LogP contribution in [0.15, 0.2) is 42.5 Å². The van der Waals surface area contributed by atoms with Crippen molar-refractivity contribution >= 4 is 31.5 Å². The maximum absolute atomic E-state index is 10.5. The molecule has 0 saturated heterocycles. The van der Waals surface area contributed by atoms with Gasteiger partial charge in [0, 0.05) is 33.1 Å². The average Bonchev–Trinajstić information content (AvgIpc) is 2.83. The second-order valence-corrected chi connectivity index (χ2v) is 6.97. The maximum Gasteiger partial charge on any atom is 0.0783 e. The molecule has 0 radical (unpaired) electrons. The SMILES string of the molecule is CCNCC(C)(O)Cc1ccc2sc3ccccc3c2c1. The van der Waals surface area contributed by atoms with Crippen LogP contribution in [0.5, 0.6) is 0 Å². The Morgan fingerprint density at radius 3 is 2.67 bits per heavy atom. The van der Waals surface area contributed by atoms with E-state index in [2.05, 4.69) is 54.7 Å². The molecule has 1 atom stereocenters. The average molecular weight is 299 g/mol. The van der Waals surface area contributed by atoms with Crippen molar-refractivity contribution in [2.45, 2.75) is 25.9 Å². The van der Waals surface area contributed by atoms with Crippen LogP contribution in [0.2, 0.25) is 0 Å². The zero-order chi connectivity index (χ0) is 14.9. The van der Waals surface area contributed by atoms with Gasteiger partial charge in [0.1, 0.15) is 0 Å². The lowest BCUT2D eigenvalue weighted by atomic mass is 9.95. The summed E-state index contributed by atoms with van der Waals surface area (Å²) >= 11 is 1.83. The molecule has 3 rings (SSSR count). The first-order chi connectivity index (χ1) is 10.1. The molecule has 0 aliphatic rings. The van der Waals surface area contributed by atoms with E-state index >= 15 is 0 Å². The minimum atomic E-state index is -0.713. The van der Waals surface area contributed by atoms with E-state index in [-0.39, 0.29) is 0 Å². The third kappa shape index (κ3) is 3.10. The summed E-state index contributed by atoms with van der Waals surface area (Å²) < 4.78 is 2.63. The Labute approximate surface area is 129 Å². The number of rotatable bonds is 5. The van der Waals surface area contributed by atoms with Crippen molar-refractivity contribution in [2.24, 2.45) is 0 Å². The number of thiophene rings is 1. The lowest BCUT2D eigenvalue weighted by Gasteiger charge is -2.23. The highest BCUT2D eigenvalue weighted by molar-refractivity contribution is 7.25. The Morgan fingerprint density at radius 2 is 1.86 bits per heavy atom. The molecular weight excluding hydrogens is 278 g/mol. The molecule has 3 heteroatoms. The first-order valence-corrected chi connectivity index (χ1v) is 8.24. The van der Waals surface area contributed by atoms with E-state index in [0.717, 1.165) is 6.54 Å². The molecule has 1 heterocycles. The molecule has 21 heavy (non-hydrogen) atoms. The van der Waals surface area contributed by atoms with E-state index in [0.29, 0.717) is 13.0 Å². The van der Waals surface area contributed by atoms with Gasteiger partial charge in [0.25, 0.3) is 0 Å². The molecule has 2 aromatic carbocycles. The fourth-order valence-electron chi connectivity index (χ4n) is 2.78. The zero-order valence-electron chi connectivity index (χ0n) is 12.5. The lowest BCUT2D eigenvalue weighted by molar-refractivity contribution is 0.0608. The Morgan fingerprint density at radius 1 is 1.10 bits per heavy atom. The van der Waals surface area contributed by atoms with Gasteiger partial charge in [0.2, 0.25) is 0 Å². The Bertz CT molecular complexity index is 760. The van der Waals surface area contributed by atoms with Gasteiger partial charge in [0.05, 0.1) is 5.60 Å². The summed E-state index contributed by atoms with van der Waals surface area (Å²) in [5, 5.41) is 16.3. The number of fused-ring (bicyclic) bond motifs is 3. The van der Waals surface area contributed by atoms with Crippen LogP contribution in [0.1, 0.15) is 19.4 Å². The molecule has 1 aromatic heterocycles. The quantitative estimate of drug-likeness (QED) is 0.747. The van der Waals surface area contributed by atoms with Crippen molar-refractivity contribution in [2.75, 3.05) is 13.1 Å². The minimum Gasteiger partial charge on any atom is -0.389 e. The van der Waals surface area contributed by atoms with Crippen LogP contribution in [0.25, 0.3) is 20.2 Å². The van der Waals surface area contributed by atoms with Crippen LogP contribution >= 0.6 is 11.3 Å². The molecule has 1 unspecified atom stereocenters. The molecule has 0 bridgehead atoms. The molecule has 3 aromatic rings. The van der Waals surface area contributed by atoms with Crippen molar-refractivity contribution in [1.29, 1.82) is 0 Å². The van der Waals surface area contributed by atoms with Crippen LogP contribution in [-0.4, -0.2) is 23.8 Å². The summed E-state index contributed by atoms with van der Waals surface area (Å²) in [6.45, 7) is 5.45. The number of aliphatic hydroxyl groups is 1. The van der Waals surface area contributed by atoms with Gasteiger partial charge in [-0.25, -0.2) is 0 Å². The van der Waals surface area contributed by atoms with Crippen molar-refractivity contribution in [1.82, 2.24) is 5.32 Å². The van der Waals surface area contributed by atoms with Gasteiger partial charge in [-0.1, -0.05) is 31.2 Å². The predicted octanol–water partition coefficient (Wildman–Crippen LogP) is 3.96. The summed E-state index contributed by atoms with van der Waals surface area (Å²) in [6.07, 6.45) is 0.667. The smallest absolute Gasteiger partial charge is 0.0783 e. The summed E-state index contributed by atoms with van der Waals surface area (Å²) in [4.78, 5) is 0. The molecule has 2 nitrogen and oxygen atoms in total. The van der Waals surface area contributed by atoms with E-state index < -0.39 is 5.60 Å². The molecule has 110 valence electrons. The van der Waals surface area contributed by atoms with Gasteiger partial charge >= 0.3 is 0 Å². The number of hydrogen-bond acceptors (Lipinski definition) is 3. The third-order valence-electron chi connectivity index (χ3n) is 3.78. The summed E-state index contributed by atoms with van der Waals surface area (Å²) in [5.74, 6) is 0. The fourth-order valence-corrected chi connectivity index (χ4v) is 3.87. The monoisotopic (exact) mass is 299 g/mol. The highest BCUT2D eigenvalue weighted by atomic mass is 32.1. The van der Waals surface area contributed by atoms with E-state index in [1.165, 1.54) is 25.7 Å². The van der Waals surface area contributed by atoms with Crippen LogP contribution in [0.3, 0.4) is 0 Å². The van der Waals surface area contributed by atoms with Gasteiger partial charge in [-0.05, 0) is 37.2 Å². The largest absolute Gasteiger partial charge is 0.389 e. The molecule has 0 spiro atoms. The number of hydrogen-bond donors (Lipinski definition) is 2. The second-order valence-electron chi connectivity index (χ2n) is 5.88. The van der Waals surface area contributed by atoms with Crippen LogP contribution < -0.4 is 5.32 Å². The Balaban J connectivity index is 1.95. The van der Waals surface area contributed by atoms with Crippen molar-refractivity contribution < 1.29 is 5.11 Å². The van der Waals surface area contributed by atoms with Gasteiger partial charge in [-0.15, -0.1) is 11.3 Å². The van der Waals surface area contributed by atoms with Gasteiger partial charge in [0.15, 0.2) is 0 Å². The molecule has 0 aliphatic heterocycles. The van der Waals surface area contributed by atoms with E-state index in [1.54, 1.807) is 0 Å². The van der Waals surface area contributed by atoms with E-state index in [9.17, 15) is 5.11 Å². The summed E-state index contributed by atoms with van der Waals surface area (Å²) in [7, 11) is 0. The summed E-state index contributed by atoms with van der Waals surface area (Å²) in [6, 6.07) is 15.1. The van der Waals surface area contributed by atoms with E-state index in [1.807, 2.05) is 18.3 Å². The zero-order valence-corrected chi connectivity index (χ0v) is 13.3. The molecule has 2 N–H and O–H groups in total. The minimum absolute atomic E-state index is 0.617. The highest BCUT2D eigenvalue weighted by Gasteiger charge is 2.20. The molecular formula is C18H21NOS. The van der Waals surface area contributed by atoms with Gasteiger partial charge in [-0.2, -0.15) is 0 Å². The first kappa shape index (κ1) is 14.5.